The summed E-state index contributed by atoms with van der Waals surface area (Å²) >= 11 is 0. The zero-order valence-electron chi connectivity index (χ0n) is 10.6. The van der Waals surface area contributed by atoms with Crippen molar-refractivity contribution in [1.82, 2.24) is 15.5 Å². The van der Waals surface area contributed by atoms with E-state index in [1.54, 1.807) is 6.07 Å². The number of hydrogen-bond donors (Lipinski definition) is 2. The molecule has 104 valence electrons. The minimum absolute atomic E-state index is 0.318. The quantitative estimate of drug-likeness (QED) is 0.905. The van der Waals surface area contributed by atoms with E-state index in [0.29, 0.717) is 24.1 Å². The molecule has 1 aliphatic carbocycles. The van der Waals surface area contributed by atoms with Crippen LogP contribution in [0.15, 0.2) is 30.5 Å². The smallest absolute Gasteiger partial charge is 0.269 e. The molecule has 0 aliphatic heterocycles. The number of carbonyl (C=O) groups excluding carboxylic acids is 1. The number of halogens is 2. The number of nitrogens with zero attached hydrogens (tertiary/aromatic N) is 1. The standard InChI is InChI=1S/C14H13F2N3O/c15-9-2-3-10(11(16)8-9)14(5-1-6-14)18-13(20)12-4-7-17-19-12/h2-4,7-8H,1,5-6H2,(H,17,19)(H,18,20). The maximum Gasteiger partial charge on any atom is 0.269 e. The van der Waals surface area contributed by atoms with Crippen LogP contribution in [-0.4, -0.2) is 16.1 Å². The molecule has 1 fully saturated rings. The fourth-order valence-electron chi connectivity index (χ4n) is 2.54. The van der Waals surface area contributed by atoms with E-state index in [9.17, 15) is 13.6 Å². The first-order chi connectivity index (χ1) is 9.61. The molecule has 0 atom stereocenters. The van der Waals surface area contributed by atoms with Crippen molar-refractivity contribution in [2.24, 2.45) is 0 Å². The van der Waals surface area contributed by atoms with E-state index in [4.69, 9.17) is 0 Å². The van der Waals surface area contributed by atoms with Crippen LogP contribution in [-0.2, 0) is 5.54 Å². The van der Waals surface area contributed by atoms with Gasteiger partial charge in [0.15, 0.2) is 0 Å². The second-order valence-corrected chi connectivity index (χ2v) is 4.98. The Hall–Kier alpha value is -2.24. The number of rotatable bonds is 3. The zero-order valence-corrected chi connectivity index (χ0v) is 10.6. The van der Waals surface area contributed by atoms with Crippen molar-refractivity contribution in [1.29, 1.82) is 0 Å². The van der Waals surface area contributed by atoms with E-state index < -0.39 is 17.2 Å². The summed E-state index contributed by atoms with van der Waals surface area (Å²) in [6.45, 7) is 0. The van der Waals surface area contributed by atoms with Crippen molar-refractivity contribution in [3.8, 4) is 0 Å². The first kappa shape index (κ1) is 12.8. The molecule has 1 amide bonds. The molecule has 1 heterocycles. The third-order valence-corrected chi connectivity index (χ3v) is 3.75. The van der Waals surface area contributed by atoms with Gasteiger partial charge in [-0.1, -0.05) is 6.07 Å². The fraction of sp³-hybridized carbons (Fsp3) is 0.286. The average Bonchev–Trinajstić information content (AvgIpc) is 2.88. The van der Waals surface area contributed by atoms with Crippen LogP contribution < -0.4 is 5.32 Å². The lowest BCUT2D eigenvalue weighted by Gasteiger charge is -2.43. The van der Waals surface area contributed by atoms with Gasteiger partial charge in [0.1, 0.15) is 17.3 Å². The molecule has 0 spiro atoms. The van der Waals surface area contributed by atoms with Gasteiger partial charge in [-0.2, -0.15) is 5.10 Å². The Balaban J connectivity index is 1.90. The van der Waals surface area contributed by atoms with Crippen molar-refractivity contribution in [2.75, 3.05) is 0 Å². The summed E-state index contributed by atoms with van der Waals surface area (Å²) in [6, 6.07) is 5.00. The van der Waals surface area contributed by atoms with Gasteiger partial charge in [-0.05, 0) is 31.4 Å². The van der Waals surface area contributed by atoms with Crippen LogP contribution in [0, 0.1) is 11.6 Å². The van der Waals surface area contributed by atoms with Crippen molar-refractivity contribution in [3.05, 3.63) is 53.4 Å². The van der Waals surface area contributed by atoms with Crippen molar-refractivity contribution in [2.45, 2.75) is 24.8 Å². The van der Waals surface area contributed by atoms with Gasteiger partial charge in [-0.25, -0.2) is 8.78 Å². The lowest BCUT2D eigenvalue weighted by atomic mass is 9.71. The van der Waals surface area contributed by atoms with Crippen molar-refractivity contribution >= 4 is 5.91 Å². The average molecular weight is 277 g/mol. The van der Waals surface area contributed by atoms with Gasteiger partial charge in [0.2, 0.25) is 0 Å². The SMILES string of the molecule is O=C(NC1(c2ccc(F)cc2F)CCC1)c1ccn[nH]1. The highest BCUT2D eigenvalue weighted by Gasteiger charge is 2.42. The van der Waals surface area contributed by atoms with Crippen LogP contribution >= 0.6 is 0 Å². The molecule has 4 nitrogen and oxygen atoms in total. The summed E-state index contributed by atoms with van der Waals surface area (Å²) in [5.74, 6) is -1.60. The summed E-state index contributed by atoms with van der Waals surface area (Å²) in [5.41, 5.74) is -0.100. The number of carbonyl (C=O) groups is 1. The fourth-order valence-corrected chi connectivity index (χ4v) is 2.54. The molecule has 20 heavy (non-hydrogen) atoms. The molecule has 0 saturated heterocycles. The predicted molar refractivity (Wildman–Crippen MR) is 67.9 cm³/mol. The number of hydrogen-bond acceptors (Lipinski definition) is 2. The molecule has 3 rings (SSSR count). The summed E-state index contributed by atoms with van der Waals surface area (Å²) in [5, 5.41) is 9.11. The summed E-state index contributed by atoms with van der Waals surface area (Å²) in [6.07, 6.45) is 3.63. The van der Waals surface area contributed by atoms with E-state index in [-0.39, 0.29) is 5.91 Å². The van der Waals surface area contributed by atoms with E-state index in [0.717, 1.165) is 12.5 Å². The molecule has 1 aliphatic rings. The second kappa shape index (κ2) is 4.70. The number of aromatic nitrogens is 2. The van der Waals surface area contributed by atoms with Crippen LogP contribution in [0.2, 0.25) is 0 Å². The summed E-state index contributed by atoms with van der Waals surface area (Å²) in [4.78, 5) is 12.1. The van der Waals surface area contributed by atoms with Gasteiger partial charge >= 0.3 is 0 Å². The van der Waals surface area contributed by atoms with Crippen LogP contribution in [0.4, 0.5) is 8.78 Å². The van der Waals surface area contributed by atoms with Crippen LogP contribution in [0.5, 0.6) is 0 Å². The molecule has 1 aromatic carbocycles. The molecule has 2 N–H and O–H groups in total. The van der Waals surface area contributed by atoms with Gasteiger partial charge in [-0.3, -0.25) is 9.89 Å². The van der Waals surface area contributed by atoms with Gasteiger partial charge in [0.25, 0.3) is 5.91 Å². The molecule has 6 heteroatoms. The van der Waals surface area contributed by atoms with Gasteiger partial charge in [-0.15, -0.1) is 0 Å². The Labute approximate surface area is 114 Å². The molecule has 1 aromatic heterocycles. The predicted octanol–water partition coefficient (Wildman–Crippen LogP) is 2.50. The maximum atomic E-state index is 13.9. The van der Waals surface area contributed by atoms with Crippen molar-refractivity contribution < 1.29 is 13.6 Å². The number of H-pyrrole nitrogens is 1. The largest absolute Gasteiger partial charge is 0.341 e. The van der Waals surface area contributed by atoms with E-state index >= 15 is 0 Å². The van der Waals surface area contributed by atoms with Gasteiger partial charge in [0, 0.05) is 17.8 Å². The Bertz CT molecular complexity index is 636. The van der Waals surface area contributed by atoms with Crippen molar-refractivity contribution in [3.63, 3.8) is 0 Å². The number of amides is 1. The van der Waals surface area contributed by atoms with Crippen LogP contribution in [0.3, 0.4) is 0 Å². The normalized spacial score (nSPS) is 16.5. The van der Waals surface area contributed by atoms with Crippen LogP contribution in [0.25, 0.3) is 0 Å². The highest BCUT2D eigenvalue weighted by atomic mass is 19.1. The minimum Gasteiger partial charge on any atom is -0.341 e. The Morgan fingerprint density at radius 3 is 2.65 bits per heavy atom. The molecule has 0 bridgehead atoms. The number of nitrogens with one attached hydrogen (secondary N) is 2. The second-order valence-electron chi connectivity index (χ2n) is 4.98. The summed E-state index contributed by atoms with van der Waals surface area (Å²) in [7, 11) is 0. The number of aromatic amines is 1. The van der Waals surface area contributed by atoms with E-state index in [1.807, 2.05) is 0 Å². The minimum atomic E-state index is -0.750. The lowest BCUT2D eigenvalue weighted by Crippen LogP contribution is -2.51. The number of benzene rings is 1. The highest BCUT2D eigenvalue weighted by molar-refractivity contribution is 5.92. The molecule has 0 radical (unpaired) electrons. The Morgan fingerprint density at radius 2 is 2.10 bits per heavy atom. The molecular weight excluding hydrogens is 264 g/mol. The monoisotopic (exact) mass is 277 g/mol. The molecule has 2 aromatic rings. The lowest BCUT2D eigenvalue weighted by molar-refractivity contribution is 0.0812. The van der Waals surface area contributed by atoms with Gasteiger partial charge in [0.05, 0.1) is 5.54 Å². The Kier molecular flexibility index (Phi) is 3.00. The maximum absolute atomic E-state index is 13.9. The topological polar surface area (TPSA) is 57.8 Å². The first-order valence-corrected chi connectivity index (χ1v) is 6.38. The zero-order chi connectivity index (χ0) is 14.2. The third kappa shape index (κ3) is 2.07. The summed E-state index contributed by atoms with van der Waals surface area (Å²) < 4.78 is 27.0. The third-order valence-electron chi connectivity index (χ3n) is 3.75. The van der Waals surface area contributed by atoms with E-state index in [1.165, 1.54) is 18.3 Å². The van der Waals surface area contributed by atoms with Crippen LogP contribution in [0.1, 0.15) is 35.3 Å². The molecule has 1 saturated carbocycles. The Morgan fingerprint density at radius 1 is 1.30 bits per heavy atom. The van der Waals surface area contributed by atoms with E-state index in [2.05, 4.69) is 15.5 Å². The van der Waals surface area contributed by atoms with Gasteiger partial charge < -0.3 is 5.32 Å². The molecule has 0 unspecified atom stereocenters. The first-order valence-electron chi connectivity index (χ1n) is 6.38. The molecular formula is C14H13F2N3O. The highest BCUT2D eigenvalue weighted by Crippen LogP contribution is 2.42.